The second-order valence-electron chi connectivity index (χ2n) is 6.37. The third-order valence-corrected chi connectivity index (χ3v) is 5.96. The van der Waals surface area contributed by atoms with Crippen LogP contribution in [0.3, 0.4) is 0 Å². The lowest BCUT2D eigenvalue weighted by Gasteiger charge is -2.38. The molecule has 0 amide bonds. The molecular weight excluding hydrogens is 352 g/mol. The molecule has 1 atom stereocenters. The first-order chi connectivity index (χ1) is 12.8. The summed E-state index contributed by atoms with van der Waals surface area (Å²) in [7, 11) is 0. The smallest absolute Gasteiger partial charge is 0.361 e. The van der Waals surface area contributed by atoms with E-state index in [4.69, 9.17) is 23.7 Å². The maximum absolute atomic E-state index is 6.36. The molecule has 1 spiro atoms. The van der Waals surface area contributed by atoms with E-state index in [1.807, 2.05) is 31.2 Å². The molecule has 2 aromatic rings. The monoisotopic (exact) mass is 372 g/mol. The lowest BCUT2D eigenvalue weighted by atomic mass is 9.95. The highest BCUT2D eigenvalue weighted by atomic mass is 32.2. The Morgan fingerprint density at radius 1 is 1.04 bits per heavy atom. The molecule has 0 aliphatic carbocycles. The highest BCUT2D eigenvalue weighted by Gasteiger charge is 2.47. The van der Waals surface area contributed by atoms with E-state index in [0.717, 1.165) is 33.8 Å². The summed E-state index contributed by atoms with van der Waals surface area (Å²) < 4.78 is 29.9. The molecular formula is C20H20O5S. The second-order valence-corrected chi connectivity index (χ2v) is 7.42. The first-order valence-electron chi connectivity index (χ1n) is 8.99. The standard InChI is InChI=1S/C20H20O5S/c1-2-21-19-24-15-10-9-14-18(17(15)25-19)26-16-8-4-3-7-13(16)20(14)22-11-5-6-12-23-20/h3-4,7-10,19H,2,5-6,11-12H2,1H3. The number of ether oxygens (including phenoxy) is 5. The minimum atomic E-state index is -0.893. The maximum atomic E-state index is 6.36. The molecule has 0 radical (unpaired) electrons. The van der Waals surface area contributed by atoms with Gasteiger partial charge in [0.15, 0.2) is 11.5 Å². The highest BCUT2D eigenvalue weighted by Crippen LogP contribution is 2.57. The van der Waals surface area contributed by atoms with Crippen molar-refractivity contribution < 1.29 is 23.7 Å². The zero-order valence-corrected chi connectivity index (χ0v) is 15.3. The molecule has 0 N–H and O–H groups in total. The van der Waals surface area contributed by atoms with Gasteiger partial charge in [-0.25, -0.2) is 0 Å². The van der Waals surface area contributed by atoms with Gasteiger partial charge < -0.3 is 23.7 Å². The molecule has 0 bridgehead atoms. The van der Waals surface area contributed by atoms with Gasteiger partial charge in [0.1, 0.15) is 0 Å². The van der Waals surface area contributed by atoms with Gasteiger partial charge in [-0.2, -0.15) is 0 Å². The fourth-order valence-corrected chi connectivity index (χ4v) is 4.84. The van der Waals surface area contributed by atoms with Gasteiger partial charge in [-0.05, 0) is 38.0 Å². The van der Waals surface area contributed by atoms with Crippen LogP contribution in [0.5, 0.6) is 11.5 Å². The Bertz CT molecular complexity index is 829. The van der Waals surface area contributed by atoms with Gasteiger partial charge in [0.25, 0.3) is 0 Å². The molecule has 2 aromatic carbocycles. The Morgan fingerprint density at radius 2 is 1.85 bits per heavy atom. The van der Waals surface area contributed by atoms with Crippen molar-refractivity contribution in [2.75, 3.05) is 19.8 Å². The van der Waals surface area contributed by atoms with Crippen LogP contribution in [0.4, 0.5) is 0 Å². The van der Waals surface area contributed by atoms with Gasteiger partial charge in [-0.1, -0.05) is 30.0 Å². The summed E-state index contributed by atoms with van der Waals surface area (Å²) in [6.07, 6.45) is 1.98. The molecule has 0 saturated carbocycles. The third-order valence-electron chi connectivity index (χ3n) is 4.77. The number of hydrogen-bond donors (Lipinski definition) is 0. The van der Waals surface area contributed by atoms with Crippen LogP contribution in [0.2, 0.25) is 0 Å². The van der Waals surface area contributed by atoms with Crippen molar-refractivity contribution in [1.82, 2.24) is 0 Å². The Labute approximate surface area is 156 Å². The first-order valence-corrected chi connectivity index (χ1v) is 9.81. The largest absolute Gasteiger partial charge is 0.428 e. The summed E-state index contributed by atoms with van der Waals surface area (Å²) in [6, 6.07) is 12.2. The predicted octanol–water partition coefficient (Wildman–Crippen LogP) is 4.27. The van der Waals surface area contributed by atoms with E-state index in [1.165, 1.54) is 0 Å². The van der Waals surface area contributed by atoms with Crippen molar-refractivity contribution in [3.63, 3.8) is 0 Å². The zero-order valence-electron chi connectivity index (χ0n) is 14.5. The minimum absolute atomic E-state index is 0.521. The van der Waals surface area contributed by atoms with Gasteiger partial charge in [-0.15, -0.1) is 0 Å². The third kappa shape index (κ3) is 2.44. The lowest BCUT2D eigenvalue weighted by Crippen LogP contribution is -2.36. The van der Waals surface area contributed by atoms with Crippen LogP contribution in [-0.4, -0.2) is 26.3 Å². The van der Waals surface area contributed by atoms with Crippen LogP contribution in [0.1, 0.15) is 30.9 Å². The zero-order chi connectivity index (χ0) is 17.6. The number of fused-ring (bicyclic) bond motifs is 6. The normalized spacial score (nSPS) is 22.6. The fraction of sp³-hybridized carbons (Fsp3) is 0.400. The molecule has 3 heterocycles. The predicted molar refractivity (Wildman–Crippen MR) is 95.6 cm³/mol. The van der Waals surface area contributed by atoms with Crippen molar-refractivity contribution >= 4 is 11.8 Å². The van der Waals surface area contributed by atoms with E-state index < -0.39 is 12.3 Å². The lowest BCUT2D eigenvalue weighted by molar-refractivity contribution is -0.208. The van der Waals surface area contributed by atoms with Gasteiger partial charge >= 0.3 is 6.48 Å². The Kier molecular flexibility index (Phi) is 4.09. The number of hydrogen-bond acceptors (Lipinski definition) is 6. The molecule has 3 aliphatic heterocycles. The summed E-state index contributed by atoms with van der Waals surface area (Å²) in [4.78, 5) is 2.09. The Hall–Kier alpha value is -1.73. The number of benzene rings is 2. The van der Waals surface area contributed by atoms with E-state index >= 15 is 0 Å². The van der Waals surface area contributed by atoms with Crippen molar-refractivity contribution in [3.8, 4) is 11.5 Å². The molecule has 5 nitrogen and oxygen atoms in total. The second kappa shape index (κ2) is 6.46. The van der Waals surface area contributed by atoms with Crippen molar-refractivity contribution in [3.05, 3.63) is 47.5 Å². The Morgan fingerprint density at radius 3 is 2.65 bits per heavy atom. The molecule has 26 heavy (non-hydrogen) atoms. The first kappa shape index (κ1) is 16.4. The van der Waals surface area contributed by atoms with Crippen LogP contribution in [0, 0.1) is 0 Å². The molecule has 5 rings (SSSR count). The van der Waals surface area contributed by atoms with E-state index in [-0.39, 0.29) is 0 Å². The van der Waals surface area contributed by atoms with Crippen molar-refractivity contribution in [2.45, 2.75) is 41.8 Å². The number of rotatable bonds is 2. The topological polar surface area (TPSA) is 46.2 Å². The summed E-state index contributed by atoms with van der Waals surface area (Å²) >= 11 is 1.66. The molecule has 6 heteroatoms. The average Bonchev–Trinajstić information content (AvgIpc) is 2.92. The summed E-state index contributed by atoms with van der Waals surface area (Å²) in [5.41, 5.74) is 2.03. The van der Waals surface area contributed by atoms with Gasteiger partial charge in [0.2, 0.25) is 5.79 Å². The van der Waals surface area contributed by atoms with Crippen LogP contribution >= 0.6 is 11.8 Å². The summed E-state index contributed by atoms with van der Waals surface area (Å²) in [6.45, 7) is 3.06. The summed E-state index contributed by atoms with van der Waals surface area (Å²) in [5.74, 6) is 0.504. The van der Waals surface area contributed by atoms with Crippen LogP contribution in [-0.2, 0) is 20.0 Å². The maximum Gasteiger partial charge on any atom is 0.361 e. The van der Waals surface area contributed by atoms with E-state index in [0.29, 0.717) is 31.3 Å². The van der Waals surface area contributed by atoms with E-state index in [2.05, 4.69) is 12.1 Å². The average molecular weight is 372 g/mol. The van der Waals surface area contributed by atoms with Crippen molar-refractivity contribution in [2.24, 2.45) is 0 Å². The van der Waals surface area contributed by atoms with E-state index in [9.17, 15) is 0 Å². The van der Waals surface area contributed by atoms with Crippen LogP contribution in [0.15, 0.2) is 46.2 Å². The highest BCUT2D eigenvalue weighted by molar-refractivity contribution is 7.99. The molecule has 1 unspecified atom stereocenters. The van der Waals surface area contributed by atoms with Gasteiger partial charge in [0, 0.05) is 16.0 Å². The fourth-order valence-electron chi connectivity index (χ4n) is 3.61. The van der Waals surface area contributed by atoms with E-state index in [1.54, 1.807) is 11.8 Å². The molecule has 136 valence electrons. The minimum Gasteiger partial charge on any atom is -0.428 e. The van der Waals surface area contributed by atoms with Crippen molar-refractivity contribution in [1.29, 1.82) is 0 Å². The molecule has 1 fully saturated rings. The molecule has 3 aliphatic rings. The molecule has 0 aromatic heterocycles. The molecule has 1 saturated heterocycles. The Balaban J connectivity index is 1.67. The van der Waals surface area contributed by atoms with Gasteiger partial charge in [-0.3, -0.25) is 0 Å². The quantitative estimate of drug-likeness (QED) is 0.785. The van der Waals surface area contributed by atoms with Crippen LogP contribution < -0.4 is 9.47 Å². The SMILES string of the molecule is CCOC1Oc2ccc3c(c2O1)Sc1ccccc1C31OCCCCO1. The van der Waals surface area contributed by atoms with Gasteiger partial charge in [0.05, 0.1) is 24.7 Å². The summed E-state index contributed by atoms with van der Waals surface area (Å²) in [5, 5.41) is 0. The van der Waals surface area contributed by atoms with Crippen LogP contribution in [0.25, 0.3) is 0 Å².